The molecule has 0 saturated carbocycles. The Bertz CT molecular complexity index is 1320. The molecule has 4 aromatic rings. The molecule has 8 heteroatoms. The number of hydrogen-bond acceptors (Lipinski definition) is 6. The summed E-state index contributed by atoms with van der Waals surface area (Å²) in [5.74, 6) is 1.16. The average molecular weight is 444 g/mol. The molecular formula is C25H25N5O3. The molecule has 1 aliphatic rings. The molecule has 168 valence electrons. The number of aromatic hydroxyl groups is 1. The summed E-state index contributed by atoms with van der Waals surface area (Å²) in [4.78, 5) is 29.2. The zero-order chi connectivity index (χ0) is 22.9. The van der Waals surface area contributed by atoms with Gasteiger partial charge in [0.15, 0.2) is 0 Å². The largest absolute Gasteiger partial charge is 0.507 e. The van der Waals surface area contributed by atoms with Crippen LogP contribution in [0, 0.1) is 0 Å². The van der Waals surface area contributed by atoms with Crippen LogP contribution in [0.1, 0.15) is 10.4 Å². The smallest absolute Gasteiger partial charge is 0.254 e. The van der Waals surface area contributed by atoms with Gasteiger partial charge in [-0.05, 0) is 55.1 Å². The number of aromatic amines is 1. The Morgan fingerprint density at radius 2 is 1.88 bits per heavy atom. The number of benzene rings is 2. The van der Waals surface area contributed by atoms with E-state index < -0.39 is 0 Å². The fourth-order valence-electron chi connectivity index (χ4n) is 4.13. The maximum Gasteiger partial charge on any atom is 0.254 e. The lowest BCUT2D eigenvalue weighted by molar-refractivity contribution is 0.0664. The maximum atomic E-state index is 13.0. The summed E-state index contributed by atoms with van der Waals surface area (Å²) in [7, 11) is 3.64. The van der Waals surface area contributed by atoms with E-state index in [1.807, 2.05) is 47.4 Å². The van der Waals surface area contributed by atoms with Gasteiger partial charge in [0, 0.05) is 43.5 Å². The molecule has 2 aromatic carbocycles. The number of nitrogens with zero attached hydrogens (tertiary/aromatic N) is 4. The van der Waals surface area contributed by atoms with Gasteiger partial charge in [0.25, 0.3) is 5.91 Å². The number of methoxy groups -OCH3 is 1. The summed E-state index contributed by atoms with van der Waals surface area (Å²) in [6, 6.07) is 14.5. The van der Waals surface area contributed by atoms with Crippen LogP contribution in [0.15, 0.2) is 54.7 Å². The molecular weight excluding hydrogens is 418 g/mol. The number of hydrogen-bond donors (Lipinski definition) is 2. The predicted octanol–water partition coefficient (Wildman–Crippen LogP) is 3.39. The number of rotatable bonds is 4. The third-order valence-electron chi connectivity index (χ3n) is 6.05. The van der Waals surface area contributed by atoms with Gasteiger partial charge in [-0.15, -0.1) is 0 Å². The zero-order valence-corrected chi connectivity index (χ0v) is 18.6. The molecule has 0 radical (unpaired) electrons. The number of carbonyl (C=O) groups is 1. The van der Waals surface area contributed by atoms with E-state index in [1.165, 1.54) is 0 Å². The van der Waals surface area contributed by atoms with E-state index in [9.17, 15) is 9.90 Å². The number of H-pyrrole nitrogens is 1. The Labute approximate surface area is 191 Å². The van der Waals surface area contributed by atoms with Crippen LogP contribution in [0.2, 0.25) is 0 Å². The highest BCUT2D eigenvalue weighted by Crippen LogP contribution is 2.35. The number of phenols is 1. The van der Waals surface area contributed by atoms with Gasteiger partial charge in [-0.1, -0.05) is 6.07 Å². The van der Waals surface area contributed by atoms with Crippen molar-refractivity contribution in [1.29, 1.82) is 0 Å². The van der Waals surface area contributed by atoms with Crippen molar-refractivity contribution in [3.63, 3.8) is 0 Å². The van der Waals surface area contributed by atoms with Gasteiger partial charge in [-0.2, -0.15) is 0 Å². The summed E-state index contributed by atoms with van der Waals surface area (Å²) in [6.45, 7) is 3.19. The molecule has 1 aliphatic heterocycles. The van der Waals surface area contributed by atoms with E-state index in [-0.39, 0.29) is 11.7 Å². The van der Waals surface area contributed by atoms with Gasteiger partial charge >= 0.3 is 0 Å². The highest BCUT2D eigenvalue weighted by atomic mass is 16.5. The van der Waals surface area contributed by atoms with Crippen LogP contribution in [0.3, 0.4) is 0 Å². The molecule has 0 atom stereocenters. The van der Waals surface area contributed by atoms with E-state index in [0.29, 0.717) is 22.8 Å². The van der Waals surface area contributed by atoms with Gasteiger partial charge in [0.2, 0.25) is 5.88 Å². The number of aromatic nitrogens is 3. The molecule has 0 spiro atoms. The first kappa shape index (κ1) is 21.0. The number of piperazine rings is 1. The lowest BCUT2D eigenvalue weighted by Crippen LogP contribution is -2.47. The van der Waals surface area contributed by atoms with Crippen molar-refractivity contribution in [1.82, 2.24) is 24.8 Å². The van der Waals surface area contributed by atoms with Crippen molar-refractivity contribution in [2.75, 3.05) is 40.3 Å². The Hall–Kier alpha value is -3.91. The average Bonchev–Trinajstić information content (AvgIpc) is 3.27. The van der Waals surface area contributed by atoms with Crippen molar-refractivity contribution in [2.45, 2.75) is 0 Å². The number of fused-ring (bicyclic) bond motifs is 1. The molecule has 3 heterocycles. The Morgan fingerprint density at radius 1 is 1.06 bits per heavy atom. The Kier molecular flexibility index (Phi) is 5.43. The highest BCUT2D eigenvalue weighted by molar-refractivity contribution is 5.98. The minimum Gasteiger partial charge on any atom is -0.507 e. The first-order chi connectivity index (χ1) is 16.0. The summed E-state index contributed by atoms with van der Waals surface area (Å²) >= 11 is 0. The molecule has 0 aliphatic carbocycles. The Balaban J connectivity index is 1.49. The normalized spacial score (nSPS) is 14.5. The fourth-order valence-corrected chi connectivity index (χ4v) is 4.13. The topological polar surface area (TPSA) is 94.6 Å². The number of nitrogens with one attached hydrogen (secondary N) is 1. The molecule has 1 fully saturated rings. The zero-order valence-electron chi connectivity index (χ0n) is 18.6. The molecule has 2 aromatic heterocycles. The second-order valence-electron chi connectivity index (χ2n) is 8.20. The number of carbonyl (C=O) groups excluding carboxylic acids is 1. The van der Waals surface area contributed by atoms with Gasteiger partial charge in [0.1, 0.15) is 11.6 Å². The van der Waals surface area contributed by atoms with Crippen molar-refractivity contribution < 1.29 is 14.6 Å². The van der Waals surface area contributed by atoms with Crippen molar-refractivity contribution in [2.24, 2.45) is 0 Å². The van der Waals surface area contributed by atoms with Crippen molar-refractivity contribution in [3.05, 3.63) is 60.3 Å². The molecule has 5 rings (SSSR count). The Morgan fingerprint density at radius 3 is 2.67 bits per heavy atom. The number of likely N-dealkylation sites (N-methyl/N-ethyl adjacent to an activating group) is 1. The third kappa shape index (κ3) is 4.01. The number of pyridine rings is 1. The molecule has 8 nitrogen and oxygen atoms in total. The quantitative estimate of drug-likeness (QED) is 0.502. The summed E-state index contributed by atoms with van der Waals surface area (Å²) in [5, 5.41) is 10.5. The van der Waals surface area contributed by atoms with Crippen LogP contribution in [0.5, 0.6) is 11.6 Å². The van der Waals surface area contributed by atoms with Gasteiger partial charge < -0.3 is 24.6 Å². The van der Waals surface area contributed by atoms with Gasteiger partial charge in [-0.3, -0.25) is 4.79 Å². The maximum absolute atomic E-state index is 13.0. The van der Waals surface area contributed by atoms with E-state index in [1.54, 1.807) is 19.4 Å². The molecule has 0 unspecified atom stereocenters. The van der Waals surface area contributed by atoms with Gasteiger partial charge in [0.05, 0.1) is 23.7 Å². The predicted molar refractivity (Wildman–Crippen MR) is 126 cm³/mol. The molecule has 2 N–H and O–H groups in total. The number of phenolic OH excluding ortho intramolecular Hbond substituents is 1. The molecule has 1 saturated heterocycles. The number of amides is 1. The minimum atomic E-state index is 0.0228. The first-order valence-electron chi connectivity index (χ1n) is 10.8. The second kappa shape index (κ2) is 8.55. The fraction of sp³-hybridized carbons (Fsp3) is 0.240. The lowest BCUT2D eigenvalue weighted by Gasteiger charge is -2.32. The first-order valence-corrected chi connectivity index (χ1v) is 10.8. The molecule has 33 heavy (non-hydrogen) atoms. The SMILES string of the molecule is COc1ncccc1-c1ccc(O)c(-c2nc3ccc(C(=O)N4CCN(C)CC4)cc3[nH]2)c1. The summed E-state index contributed by atoms with van der Waals surface area (Å²) < 4.78 is 5.38. The van der Waals surface area contributed by atoms with E-state index >= 15 is 0 Å². The highest BCUT2D eigenvalue weighted by Gasteiger charge is 2.21. The second-order valence-corrected chi connectivity index (χ2v) is 8.20. The van der Waals surface area contributed by atoms with Crippen LogP contribution in [0.4, 0.5) is 0 Å². The van der Waals surface area contributed by atoms with E-state index in [2.05, 4.69) is 26.9 Å². The van der Waals surface area contributed by atoms with Crippen molar-refractivity contribution >= 4 is 16.9 Å². The summed E-state index contributed by atoms with van der Waals surface area (Å²) in [5.41, 5.74) is 4.32. The van der Waals surface area contributed by atoms with Crippen LogP contribution in [0.25, 0.3) is 33.5 Å². The van der Waals surface area contributed by atoms with Crippen LogP contribution >= 0.6 is 0 Å². The summed E-state index contributed by atoms with van der Waals surface area (Å²) in [6.07, 6.45) is 1.67. The van der Waals surface area contributed by atoms with Crippen LogP contribution in [-0.4, -0.2) is 76.1 Å². The van der Waals surface area contributed by atoms with E-state index in [0.717, 1.165) is 48.3 Å². The van der Waals surface area contributed by atoms with E-state index in [4.69, 9.17) is 4.74 Å². The van der Waals surface area contributed by atoms with Crippen LogP contribution < -0.4 is 4.74 Å². The third-order valence-corrected chi connectivity index (χ3v) is 6.05. The minimum absolute atomic E-state index is 0.0228. The van der Waals surface area contributed by atoms with Crippen molar-refractivity contribution in [3.8, 4) is 34.1 Å². The number of imidazole rings is 1. The van der Waals surface area contributed by atoms with Crippen LogP contribution in [-0.2, 0) is 0 Å². The molecule has 1 amide bonds. The monoisotopic (exact) mass is 443 g/mol. The van der Waals surface area contributed by atoms with Gasteiger partial charge in [-0.25, -0.2) is 9.97 Å². The lowest BCUT2D eigenvalue weighted by atomic mass is 10.0. The standard InChI is InChI=1S/C25H25N5O3/c1-29-10-12-30(13-11-29)25(32)17-5-7-20-21(15-17)28-23(27-20)19-14-16(6-8-22(19)31)18-4-3-9-26-24(18)33-2/h3-9,14-15,31H,10-13H2,1-2H3,(H,27,28). The molecule has 0 bridgehead atoms. The number of ether oxygens (including phenoxy) is 1.